The second-order valence-electron chi connectivity index (χ2n) is 3.90. The fourth-order valence-electron chi connectivity index (χ4n) is 1.38. The van der Waals surface area contributed by atoms with Crippen molar-refractivity contribution < 1.29 is 0 Å². The zero-order valence-corrected chi connectivity index (χ0v) is 10.7. The highest BCUT2D eigenvalue weighted by Gasteiger charge is 2.12. The Morgan fingerprint density at radius 3 is 2.75 bits per heavy atom. The number of nitrogen functional groups attached to an aromatic ring is 1. The van der Waals surface area contributed by atoms with Gasteiger partial charge in [0.25, 0.3) is 0 Å². The van der Waals surface area contributed by atoms with Gasteiger partial charge in [0.05, 0.1) is 5.69 Å². The highest BCUT2D eigenvalue weighted by molar-refractivity contribution is 9.10. The van der Waals surface area contributed by atoms with Crippen molar-refractivity contribution in [3.8, 4) is 11.4 Å². The molecule has 0 aliphatic rings. The second kappa shape index (κ2) is 4.25. The van der Waals surface area contributed by atoms with Crippen LogP contribution in [0.5, 0.6) is 0 Å². The van der Waals surface area contributed by atoms with Crippen molar-refractivity contribution in [2.75, 3.05) is 5.73 Å². The summed E-state index contributed by atoms with van der Waals surface area (Å²) in [7, 11) is 0. The fraction of sp³-hybridized carbons (Fsp3) is 0.273. The van der Waals surface area contributed by atoms with Gasteiger partial charge in [-0.15, -0.1) is 0 Å². The van der Waals surface area contributed by atoms with Gasteiger partial charge in [-0.25, -0.2) is 4.98 Å². The smallest absolute Gasteiger partial charge is 0.183 e. The molecule has 1 aromatic heterocycles. The number of para-hydroxylation sites is 1. The highest BCUT2D eigenvalue weighted by Crippen LogP contribution is 2.29. The maximum atomic E-state index is 5.96. The normalized spacial score (nSPS) is 11.0. The lowest BCUT2D eigenvalue weighted by Crippen LogP contribution is -1.93. The van der Waals surface area contributed by atoms with Crippen LogP contribution < -0.4 is 5.73 Å². The average Bonchev–Trinajstić information content (AvgIpc) is 2.71. The maximum absolute atomic E-state index is 5.96. The van der Waals surface area contributed by atoms with Gasteiger partial charge < -0.3 is 5.73 Å². The van der Waals surface area contributed by atoms with Crippen LogP contribution in [-0.2, 0) is 0 Å². The Labute approximate surface area is 102 Å². The number of anilines is 1. The number of H-pyrrole nitrogens is 1. The van der Waals surface area contributed by atoms with Crippen LogP contribution in [0.3, 0.4) is 0 Å². The Kier molecular flexibility index (Phi) is 2.96. The first-order valence-electron chi connectivity index (χ1n) is 5.06. The molecule has 0 fully saturated rings. The Bertz CT molecular complexity index is 504. The molecule has 2 aromatic rings. The van der Waals surface area contributed by atoms with Crippen LogP contribution in [0, 0.1) is 0 Å². The Morgan fingerprint density at radius 1 is 1.38 bits per heavy atom. The van der Waals surface area contributed by atoms with Gasteiger partial charge in [0.15, 0.2) is 5.82 Å². The zero-order chi connectivity index (χ0) is 11.7. The number of nitrogens with one attached hydrogen (secondary N) is 1. The lowest BCUT2D eigenvalue weighted by Gasteiger charge is -2.02. The minimum atomic E-state index is 0.328. The van der Waals surface area contributed by atoms with E-state index in [2.05, 4.69) is 45.0 Å². The molecule has 0 atom stereocenters. The number of benzene rings is 1. The first kappa shape index (κ1) is 11.1. The van der Waals surface area contributed by atoms with Crippen LogP contribution in [0.4, 0.5) is 5.69 Å². The van der Waals surface area contributed by atoms with E-state index in [0.29, 0.717) is 17.4 Å². The van der Waals surface area contributed by atoms with Crippen LogP contribution >= 0.6 is 15.9 Å². The van der Waals surface area contributed by atoms with E-state index in [1.807, 2.05) is 18.2 Å². The first-order valence-corrected chi connectivity index (χ1v) is 5.85. The van der Waals surface area contributed by atoms with Gasteiger partial charge in [-0.05, 0) is 28.1 Å². The number of aromatic amines is 1. The molecule has 0 unspecified atom stereocenters. The van der Waals surface area contributed by atoms with E-state index >= 15 is 0 Å². The third-order valence-electron chi connectivity index (χ3n) is 2.34. The molecule has 0 aliphatic heterocycles. The van der Waals surface area contributed by atoms with Crippen molar-refractivity contribution in [3.63, 3.8) is 0 Å². The zero-order valence-electron chi connectivity index (χ0n) is 9.16. The summed E-state index contributed by atoms with van der Waals surface area (Å²) in [6.07, 6.45) is 0. The molecule has 3 N–H and O–H groups in total. The van der Waals surface area contributed by atoms with E-state index in [4.69, 9.17) is 5.73 Å². The number of halogens is 1. The molecule has 84 valence electrons. The van der Waals surface area contributed by atoms with Crippen LogP contribution in [0.15, 0.2) is 22.7 Å². The molecule has 1 aromatic carbocycles. The highest BCUT2D eigenvalue weighted by atomic mass is 79.9. The molecule has 0 saturated heterocycles. The van der Waals surface area contributed by atoms with E-state index in [0.717, 1.165) is 15.9 Å². The summed E-state index contributed by atoms with van der Waals surface area (Å²) < 4.78 is 0.862. The first-order chi connectivity index (χ1) is 7.59. The molecular weight excluding hydrogens is 268 g/mol. The summed E-state index contributed by atoms with van der Waals surface area (Å²) in [6.45, 7) is 4.13. The van der Waals surface area contributed by atoms with Crippen molar-refractivity contribution in [3.05, 3.63) is 28.5 Å². The largest absolute Gasteiger partial charge is 0.397 e. The molecule has 0 spiro atoms. The van der Waals surface area contributed by atoms with Crippen LogP contribution in [-0.4, -0.2) is 15.2 Å². The second-order valence-corrected chi connectivity index (χ2v) is 4.75. The fourth-order valence-corrected chi connectivity index (χ4v) is 1.75. The quantitative estimate of drug-likeness (QED) is 0.831. The number of rotatable bonds is 2. The predicted octanol–water partition coefficient (Wildman–Crippen LogP) is 2.94. The van der Waals surface area contributed by atoms with Gasteiger partial charge in [-0.2, -0.15) is 5.10 Å². The Balaban J connectivity index is 2.47. The summed E-state index contributed by atoms with van der Waals surface area (Å²) in [6, 6.07) is 5.73. The Morgan fingerprint density at radius 2 is 2.12 bits per heavy atom. The number of hydrogen-bond acceptors (Lipinski definition) is 3. The van der Waals surface area contributed by atoms with Crippen molar-refractivity contribution in [1.29, 1.82) is 0 Å². The van der Waals surface area contributed by atoms with Crippen molar-refractivity contribution in [2.24, 2.45) is 0 Å². The van der Waals surface area contributed by atoms with Crippen LogP contribution in [0.25, 0.3) is 11.4 Å². The van der Waals surface area contributed by atoms with Gasteiger partial charge in [0, 0.05) is 16.0 Å². The molecule has 5 heteroatoms. The Hall–Kier alpha value is -1.36. The van der Waals surface area contributed by atoms with Crippen LogP contribution in [0.2, 0.25) is 0 Å². The molecule has 1 heterocycles. The predicted molar refractivity (Wildman–Crippen MR) is 68.0 cm³/mol. The third kappa shape index (κ3) is 1.95. The number of aromatic nitrogens is 3. The number of nitrogens with two attached hydrogens (primary N) is 1. The molecule has 4 nitrogen and oxygen atoms in total. The van der Waals surface area contributed by atoms with Crippen molar-refractivity contribution >= 4 is 21.6 Å². The van der Waals surface area contributed by atoms with E-state index < -0.39 is 0 Å². The molecule has 0 bridgehead atoms. The lowest BCUT2D eigenvalue weighted by atomic mass is 10.1. The topological polar surface area (TPSA) is 67.6 Å². The molecule has 0 radical (unpaired) electrons. The monoisotopic (exact) mass is 280 g/mol. The summed E-state index contributed by atoms with van der Waals surface area (Å²) in [4.78, 5) is 4.41. The van der Waals surface area contributed by atoms with Gasteiger partial charge in [-0.1, -0.05) is 19.9 Å². The van der Waals surface area contributed by atoms with Gasteiger partial charge in [0.1, 0.15) is 5.82 Å². The van der Waals surface area contributed by atoms with E-state index in [9.17, 15) is 0 Å². The van der Waals surface area contributed by atoms with E-state index in [1.165, 1.54) is 0 Å². The minimum absolute atomic E-state index is 0.328. The minimum Gasteiger partial charge on any atom is -0.397 e. The van der Waals surface area contributed by atoms with E-state index in [-0.39, 0.29) is 0 Å². The van der Waals surface area contributed by atoms with Gasteiger partial charge in [-0.3, -0.25) is 5.10 Å². The van der Waals surface area contributed by atoms with Crippen molar-refractivity contribution in [1.82, 2.24) is 15.2 Å². The lowest BCUT2D eigenvalue weighted by molar-refractivity contribution is 0.781. The standard InChI is InChI=1S/C11H13BrN4/c1-6(2)10-14-11(16-15-10)7-4-3-5-8(12)9(7)13/h3-6H,13H2,1-2H3,(H,14,15,16). The molecule has 0 amide bonds. The molecule has 16 heavy (non-hydrogen) atoms. The maximum Gasteiger partial charge on any atom is 0.183 e. The molecule has 0 aliphatic carbocycles. The summed E-state index contributed by atoms with van der Waals surface area (Å²) in [5.41, 5.74) is 7.47. The third-order valence-corrected chi connectivity index (χ3v) is 3.03. The molecule has 2 rings (SSSR count). The molecule has 0 saturated carbocycles. The average molecular weight is 281 g/mol. The summed E-state index contributed by atoms with van der Waals surface area (Å²) >= 11 is 3.39. The van der Waals surface area contributed by atoms with Gasteiger partial charge in [0.2, 0.25) is 0 Å². The van der Waals surface area contributed by atoms with Crippen LogP contribution in [0.1, 0.15) is 25.6 Å². The van der Waals surface area contributed by atoms with Crippen molar-refractivity contribution in [2.45, 2.75) is 19.8 Å². The van der Waals surface area contributed by atoms with Gasteiger partial charge >= 0.3 is 0 Å². The number of hydrogen-bond donors (Lipinski definition) is 2. The summed E-state index contributed by atoms with van der Waals surface area (Å²) in [5, 5.41) is 7.09. The molecular formula is C11H13BrN4. The SMILES string of the molecule is CC(C)c1nc(-c2cccc(Br)c2N)n[nH]1. The number of nitrogens with zero attached hydrogens (tertiary/aromatic N) is 2. The van der Waals surface area contributed by atoms with E-state index in [1.54, 1.807) is 0 Å². The summed E-state index contributed by atoms with van der Waals surface area (Å²) in [5.74, 6) is 1.84.